The highest BCUT2D eigenvalue weighted by Gasteiger charge is 2.59. The minimum Gasteiger partial charge on any atom is -0.495 e. The van der Waals surface area contributed by atoms with Crippen LogP contribution in [0.25, 0.3) is 11.4 Å². The van der Waals surface area contributed by atoms with Crippen LogP contribution in [-0.4, -0.2) is 28.5 Å². The van der Waals surface area contributed by atoms with Crippen LogP contribution in [-0.2, 0) is 10.3 Å². The molecule has 2 aromatic rings. The summed E-state index contributed by atoms with van der Waals surface area (Å²) >= 11 is 6.27. The number of methoxy groups -OCH3 is 1. The SMILES string of the molecule is C=CCOC(C)c1nc(-c2ccc(OC)c(Cl)c2)nn1C12CC(C1)C2. The minimum atomic E-state index is -0.137. The van der Waals surface area contributed by atoms with Gasteiger partial charge in [0, 0.05) is 5.56 Å². The van der Waals surface area contributed by atoms with Gasteiger partial charge in [0.25, 0.3) is 0 Å². The Kier molecular flexibility index (Phi) is 4.08. The van der Waals surface area contributed by atoms with E-state index in [-0.39, 0.29) is 11.6 Å². The van der Waals surface area contributed by atoms with Gasteiger partial charge in [0.1, 0.15) is 11.9 Å². The minimum absolute atomic E-state index is 0.137. The van der Waals surface area contributed by atoms with E-state index >= 15 is 0 Å². The summed E-state index contributed by atoms with van der Waals surface area (Å²) in [5.41, 5.74) is 1.03. The monoisotopic (exact) mass is 359 g/mol. The molecule has 3 fully saturated rings. The summed E-state index contributed by atoms with van der Waals surface area (Å²) < 4.78 is 13.2. The van der Waals surface area contributed by atoms with Crippen molar-refractivity contribution in [2.24, 2.45) is 5.92 Å². The lowest BCUT2D eigenvalue weighted by atomic mass is 9.50. The molecule has 1 aromatic heterocycles. The molecule has 3 aliphatic carbocycles. The molecule has 1 unspecified atom stereocenters. The second-order valence-electron chi connectivity index (χ2n) is 7.02. The van der Waals surface area contributed by atoms with Crippen molar-refractivity contribution in [1.29, 1.82) is 0 Å². The summed E-state index contributed by atoms with van der Waals surface area (Å²) in [4.78, 5) is 4.80. The Balaban J connectivity index is 1.71. The lowest BCUT2D eigenvalue weighted by Crippen LogP contribution is -2.60. The summed E-state index contributed by atoms with van der Waals surface area (Å²) in [6.07, 6.45) is 5.20. The van der Waals surface area contributed by atoms with Gasteiger partial charge in [-0.3, -0.25) is 0 Å². The number of hydrogen-bond acceptors (Lipinski definition) is 4. The Hall–Kier alpha value is -1.85. The van der Waals surface area contributed by atoms with Crippen molar-refractivity contribution < 1.29 is 9.47 Å². The van der Waals surface area contributed by atoms with Crippen LogP contribution >= 0.6 is 11.6 Å². The maximum absolute atomic E-state index is 6.27. The molecule has 6 heteroatoms. The number of hydrogen-bond donors (Lipinski definition) is 0. The average molecular weight is 360 g/mol. The van der Waals surface area contributed by atoms with Gasteiger partial charge in [-0.1, -0.05) is 17.7 Å². The predicted molar refractivity (Wildman–Crippen MR) is 96.9 cm³/mol. The normalized spacial score (nSPS) is 25.0. The zero-order valence-electron chi connectivity index (χ0n) is 14.5. The predicted octanol–water partition coefficient (Wildman–Crippen LogP) is 4.38. The Bertz CT molecular complexity index is 800. The van der Waals surface area contributed by atoms with E-state index in [2.05, 4.69) is 11.3 Å². The molecule has 0 amide bonds. The molecule has 0 aliphatic heterocycles. The van der Waals surface area contributed by atoms with Gasteiger partial charge in [0.05, 0.1) is 24.3 Å². The Labute approximate surface area is 152 Å². The van der Waals surface area contributed by atoms with Crippen LogP contribution in [0.1, 0.15) is 38.1 Å². The Morgan fingerprint density at radius 1 is 1.44 bits per heavy atom. The molecule has 132 valence electrons. The van der Waals surface area contributed by atoms with E-state index in [1.807, 2.05) is 25.1 Å². The molecule has 2 bridgehead atoms. The highest BCUT2D eigenvalue weighted by Crippen LogP contribution is 2.62. The van der Waals surface area contributed by atoms with Crippen molar-refractivity contribution in [2.75, 3.05) is 13.7 Å². The molecule has 0 N–H and O–H groups in total. The summed E-state index contributed by atoms with van der Waals surface area (Å²) in [5.74, 6) is 3.06. The summed E-state index contributed by atoms with van der Waals surface area (Å²) in [7, 11) is 1.60. The highest BCUT2D eigenvalue weighted by molar-refractivity contribution is 6.32. The third kappa shape index (κ3) is 2.66. The summed E-state index contributed by atoms with van der Waals surface area (Å²) in [6, 6.07) is 5.63. The lowest BCUT2D eigenvalue weighted by Gasteiger charge is -2.61. The summed E-state index contributed by atoms with van der Waals surface area (Å²) in [5, 5.41) is 5.39. The molecule has 1 atom stereocenters. The molecular formula is C19H22ClN3O2. The molecule has 1 aromatic carbocycles. The maximum Gasteiger partial charge on any atom is 0.181 e. The van der Waals surface area contributed by atoms with E-state index in [0.717, 1.165) is 17.3 Å². The molecule has 25 heavy (non-hydrogen) atoms. The van der Waals surface area contributed by atoms with Crippen molar-refractivity contribution in [1.82, 2.24) is 14.8 Å². The Morgan fingerprint density at radius 3 is 2.76 bits per heavy atom. The van der Waals surface area contributed by atoms with Crippen molar-refractivity contribution in [3.63, 3.8) is 0 Å². The van der Waals surface area contributed by atoms with Crippen molar-refractivity contribution in [3.8, 4) is 17.1 Å². The third-order valence-corrected chi connectivity index (χ3v) is 5.62. The van der Waals surface area contributed by atoms with Gasteiger partial charge in [-0.2, -0.15) is 5.10 Å². The smallest absolute Gasteiger partial charge is 0.181 e. The Morgan fingerprint density at radius 2 is 2.20 bits per heavy atom. The number of aromatic nitrogens is 3. The van der Waals surface area contributed by atoms with Gasteiger partial charge in [0.15, 0.2) is 11.6 Å². The molecule has 1 heterocycles. The van der Waals surface area contributed by atoms with E-state index in [9.17, 15) is 0 Å². The van der Waals surface area contributed by atoms with Gasteiger partial charge in [-0.05, 0) is 50.3 Å². The van der Waals surface area contributed by atoms with Crippen molar-refractivity contribution >= 4 is 11.6 Å². The molecule has 3 saturated carbocycles. The summed E-state index contributed by atoms with van der Waals surface area (Å²) in [6.45, 7) is 6.22. The van der Waals surface area contributed by atoms with E-state index in [0.29, 0.717) is 23.2 Å². The molecule has 0 spiro atoms. The van der Waals surface area contributed by atoms with Gasteiger partial charge in [-0.15, -0.1) is 6.58 Å². The first-order valence-corrected chi connectivity index (χ1v) is 8.98. The fourth-order valence-corrected chi connectivity index (χ4v) is 4.10. The number of ether oxygens (including phenoxy) is 2. The van der Waals surface area contributed by atoms with Crippen LogP contribution < -0.4 is 4.74 Å². The first-order chi connectivity index (χ1) is 12.1. The van der Waals surface area contributed by atoms with Crippen LogP contribution in [0.15, 0.2) is 30.9 Å². The van der Waals surface area contributed by atoms with Gasteiger partial charge in [0.2, 0.25) is 0 Å². The molecule has 0 saturated heterocycles. The fraction of sp³-hybridized carbons (Fsp3) is 0.474. The average Bonchev–Trinajstić information content (AvgIpc) is 2.94. The number of halogens is 1. The van der Waals surface area contributed by atoms with Crippen LogP contribution in [0.2, 0.25) is 5.02 Å². The molecular weight excluding hydrogens is 338 g/mol. The lowest BCUT2D eigenvalue weighted by molar-refractivity contribution is -0.104. The zero-order chi connectivity index (χ0) is 17.6. The quantitative estimate of drug-likeness (QED) is 0.688. The second-order valence-corrected chi connectivity index (χ2v) is 7.43. The van der Waals surface area contributed by atoms with E-state index in [1.165, 1.54) is 19.3 Å². The number of rotatable bonds is 7. The van der Waals surface area contributed by atoms with E-state index in [4.69, 9.17) is 31.2 Å². The van der Waals surface area contributed by atoms with Crippen molar-refractivity contribution in [2.45, 2.75) is 37.8 Å². The van der Waals surface area contributed by atoms with E-state index in [1.54, 1.807) is 13.2 Å². The maximum atomic E-state index is 6.27. The van der Waals surface area contributed by atoms with Crippen molar-refractivity contribution in [3.05, 3.63) is 41.7 Å². The van der Waals surface area contributed by atoms with Gasteiger partial charge >= 0.3 is 0 Å². The largest absolute Gasteiger partial charge is 0.495 e. The second kappa shape index (κ2) is 6.15. The van der Waals surface area contributed by atoms with Crippen LogP contribution in [0.3, 0.4) is 0 Å². The zero-order valence-corrected chi connectivity index (χ0v) is 15.3. The standard InChI is InChI=1S/C19H22ClN3O2/c1-4-7-25-12(2)18-21-17(14-5-6-16(24-3)15(20)8-14)22-23(18)19-9-13(10-19)11-19/h4-6,8,12-13H,1,7,9-11H2,2-3H3. The fourth-order valence-electron chi connectivity index (χ4n) is 3.84. The first kappa shape index (κ1) is 16.6. The van der Waals surface area contributed by atoms with Gasteiger partial charge in [-0.25, -0.2) is 9.67 Å². The third-order valence-electron chi connectivity index (χ3n) is 5.33. The number of benzene rings is 1. The molecule has 3 aliphatic rings. The topological polar surface area (TPSA) is 49.2 Å². The molecule has 5 rings (SSSR count). The molecule has 0 radical (unpaired) electrons. The van der Waals surface area contributed by atoms with Crippen LogP contribution in [0.5, 0.6) is 5.75 Å². The van der Waals surface area contributed by atoms with Gasteiger partial charge < -0.3 is 9.47 Å². The number of nitrogens with zero attached hydrogens (tertiary/aromatic N) is 3. The van der Waals surface area contributed by atoms with E-state index < -0.39 is 0 Å². The van der Waals surface area contributed by atoms with Crippen LogP contribution in [0, 0.1) is 5.92 Å². The van der Waals surface area contributed by atoms with Crippen LogP contribution in [0.4, 0.5) is 0 Å². The first-order valence-electron chi connectivity index (χ1n) is 8.60. The molecule has 5 nitrogen and oxygen atoms in total. The highest BCUT2D eigenvalue weighted by atomic mass is 35.5.